The Balaban J connectivity index is 0. The normalized spacial score (nSPS) is 9.88. The Kier molecular flexibility index (Phi) is 6.53. The van der Waals surface area contributed by atoms with Crippen molar-refractivity contribution >= 4 is 6.75 Å². The molecule has 3 nitrogen and oxygen atoms in total. The zero-order chi connectivity index (χ0) is 5.91. The molecule has 0 bridgehead atoms. The molecule has 0 aromatic carbocycles. The van der Waals surface area contributed by atoms with Gasteiger partial charge in [0.2, 0.25) is 0 Å². The van der Waals surface area contributed by atoms with Crippen LogP contribution in [0.4, 0.5) is 0 Å². The van der Waals surface area contributed by atoms with Gasteiger partial charge in [-0.15, -0.1) is 12.7 Å². The molecule has 0 aliphatic rings. The van der Waals surface area contributed by atoms with E-state index in [-0.39, 0.29) is 35.9 Å². The molecule has 0 aliphatic heterocycles. The molecule has 0 saturated carbocycles. The molecule has 0 spiro atoms. The van der Waals surface area contributed by atoms with E-state index in [1.165, 1.54) is 6.08 Å². The molecule has 0 aromatic rings. The second kappa shape index (κ2) is 4.55. The van der Waals surface area contributed by atoms with Crippen molar-refractivity contribution in [2.75, 3.05) is 0 Å². The average Bonchev–Trinajstić information content (AvgIpc) is 1.30. The zero-order valence-electron chi connectivity index (χ0n) is 4.91. The Labute approximate surface area is 70.3 Å². The van der Waals surface area contributed by atoms with Gasteiger partial charge in [0.05, 0.1) is 0 Å². The molecule has 5 heteroatoms. The van der Waals surface area contributed by atoms with E-state index in [0.717, 1.165) is 0 Å². The van der Waals surface area contributed by atoms with Gasteiger partial charge in [0, 0.05) is 0 Å². The summed E-state index contributed by atoms with van der Waals surface area (Å²) in [6.45, 7) is 0.0706. The van der Waals surface area contributed by atoms with Gasteiger partial charge in [-0.1, -0.05) is 6.32 Å². The van der Waals surface area contributed by atoms with Crippen LogP contribution < -0.4 is 29.6 Å². The Morgan fingerprint density at radius 2 is 1.75 bits per heavy atom. The molecule has 0 saturated heterocycles. The summed E-state index contributed by atoms with van der Waals surface area (Å²) in [6.07, 6.45) is 1.07. The SMILES string of the molecule is C=CC[B-](O)(O)O.[Na+]. The summed E-state index contributed by atoms with van der Waals surface area (Å²) in [5.74, 6) is 0. The topological polar surface area (TPSA) is 60.7 Å². The van der Waals surface area contributed by atoms with Crippen molar-refractivity contribution in [3.05, 3.63) is 12.7 Å². The van der Waals surface area contributed by atoms with Gasteiger partial charge in [0.15, 0.2) is 0 Å². The van der Waals surface area contributed by atoms with Gasteiger partial charge in [-0.25, -0.2) is 0 Å². The number of allylic oxidation sites excluding steroid dienone is 1. The molecule has 0 aliphatic carbocycles. The third-order valence-electron chi connectivity index (χ3n) is 0.483. The fraction of sp³-hybridized carbons (Fsp3) is 0.333. The van der Waals surface area contributed by atoms with Crippen molar-refractivity contribution in [3.8, 4) is 0 Å². The van der Waals surface area contributed by atoms with E-state index >= 15 is 0 Å². The molecule has 0 radical (unpaired) electrons. The quantitative estimate of drug-likeness (QED) is 0.261. The van der Waals surface area contributed by atoms with Crippen molar-refractivity contribution < 1.29 is 44.6 Å². The molecular formula is C3H8BNaO3. The van der Waals surface area contributed by atoms with Gasteiger partial charge in [-0.3, -0.25) is 0 Å². The number of rotatable bonds is 2. The van der Waals surface area contributed by atoms with Crippen LogP contribution in [0.1, 0.15) is 0 Å². The number of hydrogen-bond acceptors (Lipinski definition) is 3. The van der Waals surface area contributed by atoms with Gasteiger partial charge in [-0.05, 0) is 0 Å². The van der Waals surface area contributed by atoms with E-state index in [9.17, 15) is 0 Å². The predicted molar refractivity (Wildman–Crippen MR) is 27.4 cm³/mol. The van der Waals surface area contributed by atoms with E-state index in [4.69, 9.17) is 15.1 Å². The first-order valence-electron chi connectivity index (χ1n) is 2.00. The summed E-state index contributed by atoms with van der Waals surface area (Å²) >= 11 is 0. The second-order valence-electron chi connectivity index (χ2n) is 1.42. The molecule has 3 N–H and O–H groups in total. The number of hydrogen-bond donors (Lipinski definition) is 3. The molecule has 0 unspecified atom stereocenters. The van der Waals surface area contributed by atoms with Crippen molar-refractivity contribution in [2.45, 2.75) is 6.32 Å². The van der Waals surface area contributed by atoms with Crippen LogP contribution in [-0.4, -0.2) is 21.8 Å². The summed E-state index contributed by atoms with van der Waals surface area (Å²) in [6, 6.07) is 0. The Bertz CT molecular complexity index is 69.4. The van der Waals surface area contributed by atoms with E-state index in [2.05, 4.69) is 6.58 Å². The van der Waals surface area contributed by atoms with Crippen LogP contribution in [0, 0.1) is 0 Å². The van der Waals surface area contributed by atoms with Crippen LogP contribution in [0.2, 0.25) is 6.32 Å². The molecule has 0 rings (SSSR count). The Hall–Kier alpha value is 0.685. The summed E-state index contributed by atoms with van der Waals surface area (Å²) in [7, 11) is 0. The fourth-order valence-corrected chi connectivity index (χ4v) is 0.224. The van der Waals surface area contributed by atoms with Gasteiger partial charge in [-0.2, -0.15) is 0 Å². The van der Waals surface area contributed by atoms with Crippen molar-refractivity contribution in [1.82, 2.24) is 0 Å². The predicted octanol–water partition coefficient (Wildman–Crippen LogP) is -3.91. The molecule has 42 valence electrons. The minimum absolute atomic E-state index is 0. The molecule has 0 amide bonds. The third-order valence-corrected chi connectivity index (χ3v) is 0.483. The van der Waals surface area contributed by atoms with Crippen LogP contribution >= 0.6 is 0 Å². The van der Waals surface area contributed by atoms with Crippen LogP contribution in [-0.2, 0) is 0 Å². The second-order valence-corrected chi connectivity index (χ2v) is 1.42. The van der Waals surface area contributed by atoms with E-state index in [1.807, 2.05) is 0 Å². The van der Waals surface area contributed by atoms with Crippen LogP contribution in [0.5, 0.6) is 0 Å². The molecule has 0 heterocycles. The first-order chi connectivity index (χ1) is 3.06. The summed E-state index contributed by atoms with van der Waals surface area (Å²) in [4.78, 5) is 0. The van der Waals surface area contributed by atoms with Crippen LogP contribution in [0.25, 0.3) is 0 Å². The first kappa shape index (κ1) is 11.5. The summed E-state index contributed by atoms with van der Waals surface area (Å²) in [5.41, 5.74) is 0. The summed E-state index contributed by atoms with van der Waals surface area (Å²) in [5, 5.41) is 24.4. The Morgan fingerprint density at radius 1 is 1.38 bits per heavy atom. The van der Waals surface area contributed by atoms with E-state index in [0.29, 0.717) is 0 Å². The molecule has 0 fully saturated rings. The fourth-order valence-electron chi connectivity index (χ4n) is 0.224. The maximum absolute atomic E-state index is 8.12. The monoisotopic (exact) mass is 126 g/mol. The maximum atomic E-state index is 8.12. The molecule has 0 atom stereocenters. The smallest absolute Gasteiger partial charge is 0.559 e. The minimum Gasteiger partial charge on any atom is -0.559 e. The van der Waals surface area contributed by atoms with Crippen LogP contribution in [0.3, 0.4) is 0 Å². The van der Waals surface area contributed by atoms with Crippen LogP contribution in [0.15, 0.2) is 12.7 Å². The van der Waals surface area contributed by atoms with Crippen molar-refractivity contribution in [1.29, 1.82) is 0 Å². The van der Waals surface area contributed by atoms with E-state index < -0.39 is 6.75 Å². The van der Waals surface area contributed by atoms with Gasteiger partial charge in [0.25, 0.3) is 0 Å². The largest absolute Gasteiger partial charge is 1.00 e. The maximum Gasteiger partial charge on any atom is 1.00 e. The molecule has 8 heavy (non-hydrogen) atoms. The summed E-state index contributed by atoms with van der Waals surface area (Å²) < 4.78 is 0. The molecule has 0 aromatic heterocycles. The molecular weight excluding hydrogens is 118 g/mol. The van der Waals surface area contributed by atoms with Gasteiger partial charge >= 0.3 is 36.3 Å². The standard InChI is InChI=1S/C3H8BO3.Na/c1-2-3-4(5,6)7;/h2,5-7H,1,3H2;/q-1;+1. The first-order valence-corrected chi connectivity index (χ1v) is 2.00. The zero-order valence-corrected chi connectivity index (χ0v) is 6.91. The van der Waals surface area contributed by atoms with Crippen molar-refractivity contribution in [3.63, 3.8) is 0 Å². The van der Waals surface area contributed by atoms with Gasteiger partial charge < -0.3 is 15.1 Å². The third kappa shape index (κ3) is 9.84. The van der Waals surface area contributed by atoms with Gasteiger partial charge in [0.1, 0.15) is 0 Å². The average molecular weight is 126 g/mol. The van der Waals surface area contributed by atoms with Crippen molar-refractivity contribution in [2.24, 2.45) is 0 Å². The van der Waals surface area contributed by atoms with E-state index in [1.54, 1.807) is 0 Å². The minimum atomic E-state index is -3.11. The Morgan fingerprint density at radius 3 is 1.75 bits per heavy atom.